The third kappa shape index (κ3) is 7.01. The Kier molecular flexibility index (Phi) is 9.00. The summed E-state index contributed by atoms with van der Waals surface area (Å²) in [5.74, 6) is -1.72. The lowest BCUT2D eigenvalue weighted by Gasteiger charge is -2.28. The van der Waals surface area contributed by atoms with Crippen LogP contribution in [0.25, 0.3) is 0 Å². The van der Waals surface area contributed by atoms with Crippen molar-refractivity contribution in [1.82, 2.24) is 25.9 Å². The Morgan fingerprint density at radius 1 is 1.15 bits per heavy atom. The summed E-state index contributed by atoms with van der Waals surface area (Å²) in [4.78, 5) is 44.5. The summed E-state index contributed by atoms with van der Waals surface area (Å²) in [6.45, 7) is 5.05. The fraction of sp³-hybridized carbons (Fsp3) is 0.478. The van der Waals surface area contributed by atoms with Gasteiger partial charge in [0.15, 0.2) is 5.69 Å². The second-order valence-corrected chi connectivity index (χ2v) is 9.03. The minimum absolute atomic E-state index is 0.0475. The van der Waals surface area contributed by atoms with Crippen LogP contribution in [0.1, 0.15) is 60.5 Å². The van der Waals surface area contributed by atoms with E-state index in [4.69, 9.17) is 11.6 Å². The van der Waals surface area contributed by atoms with Crippen LogP contribution < -0.4 is 21.3 Å². The first-order valence-corrected chi connectivity index (χ1v) is 11.7. The predicted molar refractivity (Wildman–Crippen MR) is 127 cm³/mol. The summed E-state index contributed by atoms with van der Waals surface area (Å²) >= 11 is 5.98. The number of carbonyl (C=O) groups excluding carboxylic acids is 3. The minimum Gasteiger partial charge on any atom is -0.349 e. The third-order valence-electron chi connectivity index (χ3n) is 5.67. The molecule has 184 valence electrons. The molecule has 1 aliphatic carbocycles. The van der Waals surface area contributed by atoms with E-state index in [1.54, 1.807) is 0 Å². The number of imidazole rings is 1. The molecular formula is C23H30ClFN6O3. The summed E-state index contributed by atoms with van der Waals surface area (Å²) in [5.41, 5.74) is 0.528. The molecule has 1 heterocycles. The van der Waals surface area contributed by atoms with Gasteiger partial charge in [0.1, 0.15) is 11.5 Å². The molecule has 9 nitrogen and oxygen atoms in total. The molecule has 3 amide bonds. The highest BCUT2D eigenvalue weighted by Crippen LogP contribution is 2.28. The molecule has 3 rings (SSSR count). The molecule has 34 heavy (non-hydrogen) atoms. The van der Waals surface area contributed by atoms with Gasteiger partial charge >= 0.3 is 0 Å². The Balaban J connectivity index is 1.47. The minimum atomic E-state index is -0.472. The van der Waals surface area contributed by atoms with E-state index in [0.717, 1.165) is 6.07 Å². The number of hydrogen-bond donors (Lipinski definition) is 5. The number of aromatic nitrogens is 2. The second kappa shape index (κ2) is 11.9. The van der Waals surface area contributed by atoms with Crippen LogP contribution in [0.3, 0.4) is 0 Å². The lowest BCUT2D eigenvalue weighted by atomic mass is 9.85. The van der Waals surface area contributed by atoms with E-state index >= 15 is 0 Å². The molecule has 0 aliphatic heterocycles. The Morgan fingerprint density at radius 3 is 2.56 bits per heavy atom. The van der Waals surface area contributed by atoms with Crippen molar-refractivity contribution in [3.63, 3.8) is 0 Å². The highest BCUT2D eigenvalue weighted by molar-refractivity contribution is 6.33. The van der Waals surface area contributed by atoms with Gasteiger partial charge in [0, 0.05) is 31.1 Å². The van der Waals surface area contributed by atoms with Crippen molar-refractivity contribution in [2.45, 2.75) is 51.6 Å². The molecule has 1 fully saturated rings. The lowest BCUT2D eigenvalue weighted by Crippen LogP contribution is -2.40. The highest BCUT2D eigenvalue weighted by atomic mass is 35.5. The number of benzene rings is 1. The van der Waals surface area contributed by atoms with Gasteiger partial charge in [-0.2, -0.15) is 0 Å². The fourth-order valence-electron chi connectivity index (χ4n) is 3.84. The highest BCUT2D eigenvalue weighted by Gasteiger charge is 2.29. The zero-order valence-corrected chi connectivity index (χ0v) is 20.0. The van der Waals surface area contributed by atoms with Crippen molar-refractivity contribution in [1.29, 1.82) is 0 Å². The molecule has 1 aromatic heterocycles. The zero-order valence-electron chi connectivity index (χ0n) is 19.2. The first kappa shape index (κ1) is 25.6. The SMILES string of the molecule is CC(C)NCCNC(=O)c1nc[nH]c1C(=O)N[C@H]1CC[C@H](C(=O)Nc2ccc(F)cc2Cl)CC1. The number of halogens is 2. The van der Waals surface area contributed by atoms with E-state index in [1.807, 2.05) is 13.8 Å². The average Bonchev–Trinajstić information content (AvgIpc) is 3.29. The number of carbonyl (C=O) groups is 3. The molecule has 11 heteroatoms. The smallest absolute Gasteiger partial charge is 0.272 e. The lowest BCUT2D eigenvalue weighted by molar-refractivity contribution is -0.120. The van der Waals surface area contributed by atoms with Gasteiger partial charge in [0.2, 0.25) is 5.91 Å². The average molecular weight is 493 g/mol. The molecule has 2 aromatic rings. The standard InChI is InChI=1S/C23H30ClFN6O3/c1-13(2)26-9-10-27-22(33)19-20(29-12-28-19)23(34)30-16-6-3-14(4-7-16)21(32)31-18-8-5-15(25)11-17(18)24/h5,8,11-14,16,26H,3-4,6-7,9-10H2,1-2H3,(H,27,33)(H,28,29)(H,30,34)(H,31,32)/t14-,16-. The number of amides is 3. The number of nitrogens with one attached hydrogen (secondary N) is 5. The van der Waals surface area contributed by atoms with Crippen molar-refractivity contribution in [2.24, 2.45) is 5.92 Å². The molecule has 5 N–H and O–H groups in total. The molecule has 1 saturated carbocycles. The normalized spacial score (nSPS) is 17.9. The second-order valence-electron chi connectivity index (χ2n) is 8.63. The van der Waals surface area contributed by atoms with Crippen LogP contribution in [0.2, 0.25) is 5.02 Å². The van der Waals surface area contributed by atoms with E-state index in [1.165, 1.54) is 18.5 Å². The number of anilines is 1. The Morgan fingerprint density at radius 2 is 1.88 bits per heavy atom. The molecular weight excluding hydrogens is 463 g/mol. The Labute approximate surface area is 202 Å². The molecule has 0 atom stereocenters. The van der Waals surface area contributed by atoms with Crippen LogP contribution in [0.4, 0.5) is 10.1 Å². The maximum Gasteiger partial charge on any atom is 0.272 e. The van der Waals surface area contributed by atoms with Gasteiger partial charge in [-0.3, -0.25) is 14.4 Å². The first-order chi connectivity index (χ1) is 16.2. The van der Waals surface area contributed by atoms with Gasteiger partial charge < -0.3 is 26.3 Å². The molecule has 1 aromatic carbocycles. The quantitative estimate of drug-likeness (QED) is 0.344. The van der Waals surface area contributed by atoms with E-state index in [9.17, 15) is 18.8 Å². The van der Waals surface area contributed by atoms with Crippen LogP contribution >= 0.6 is 11.6 Å². The van der Waals surface area contributed by atoms with Gasteiger partial charge in [-0.25, -0.2) is 9.37 Å². The molecule has 0 saturated heterocycles. The van der Waals surface area contributed by atoms with Crippen molar-refractivity contribution in [3.05, 3.63) is 46.8 Å². The number of hydrogen-bond acceptors (Lipinski definition) is 5. The van der Waals surface area contributed by atoms with Crippen molar-refractivity contribution in [2.75, 3.05) is 18.4 Å². The summed E-state index contributed by atoms with van der Waals surface area (Å²) in [6.07, 6.45) is 3.69. The molecule has 0 bridgehead atoms. The van der Waals surface area contributed by atoms with Crippen molar-refractivity contribution in [3.8, 4) is 0 Å². The summed E-state index contributed by atoms with van der Waals surface area (Å²) < 4.78 is 13.2. The Hall–Kier alpha value is -2.98. The van der Waals surface area contributed by atoms with Gasteiger partial charge in [-0.15, -0.1) is 0 Å². The monoisotopic (exact) mass is 492 g/mol. The molecule has 1 aliphatic rings. The molecule has 0 radical (unpaired) electrons. The van der Waals surface area contributed by atoms with Gasteiger partial charge in [-0.05, 0) is 43.9 Å². The summed E-state index contributed by atoms with van der Waals surface area (Å²) in [6, 6.07) is 4.00. The largest absolute Gasteiger partial charge is 0.349 e. The van der Waals surface area contributed by atoms with Crippen LogP contribution in [0.5, 0.6) is 0 Å². The number of rotatable bonds is 9. The van der Waals surface area contributed by atoms with Crippen molar-refractivity contribution < 1.29 is 18.8 Å². The topological polar surface area (TPSA) is 128 Å². The van der Waals surface area contributed by atoms with Crippen LogP contribution in [0.15, 0.2) is 24.5 Å². The van der Waals surface area contributed by atoms with Gasteiger partial charge in [-0.1, -0.05) is 25.4 Å². The third-order valence-corrected chi connectivity index (χ3v) is 5.98. The van der Waals surface area contributed by atoms with Gasteiger partial charge in [0.05, 0.1) is 17.0 Å². The van der Waals surface area contributed by atoms with Crippen molar-refractivity contribution >= 4 is 35.0 Å². The van der Waals surface area contributed by atoms with Crippen LogP contribution in [-0.2, 0) is 4.79 Å². The summed E-state index contributed by atoms with van der Waals surface area (Å²) in [5, 5.41) is 11.8. The number of H-pyrrole nitrogens is 1. The molecule has 0 unspecified atom stereocenters. The van der Waals surface area contributed by atoms with E-state index in [-0.39, 0.29) is 34.3 Å². The van der Waals surface area contributed by atoms with E-state index in [0.29, 0.717) is 50.5 Å². The number of aromatic amines is 1. The van der Waals surface area contributed by atoms with Gasteiger partial charge in [0.25, 0.3) is 11.8 Å². The summed E-state index contributed by atoms with van der Waals surface area (Å²) in [7, 11) is 0. The van der Waals surface area contributed by atoms with Crippen LogP contribution in [0, 0.1) is 11.7 Å². The maximum absolute atomic E-state index is 13.2. The van der Waals surface area contributed by atoms with E-state index < -0.39 is 17.6 Å². The molecule has 0 spiro atoms. The zero-order chi connectivity index (χ0) is 24.7. The fourth-order valence-corrected chi connectivity index (χ4v) is 4.06. The van der Waals surface area contributed by atoms with Crippen LogP contribution in [-0.4, -0.2) is 52.9 Å². The number of nitrogens with zero attached hydrogens (tertiary/aromatic N) is 1. The Bertz CT molecular complexity index is 1020. The first-order valence-electron chi connectivity index (χ1n) is 11.4. The maximum atomic E-state index is 13.2. The van der Waals surface area contributed by atoms with E-state index in [2.05, 4.69) is 31.2 Å². The predicted octanol–water partition coefficient (Wildman–Crippen LogP) is 2.86.